The molecule has 0 aliphatic carbocycles. The van der Waals surface area contributed by atoms with E-state index in [4.69, 9.17) is 0 Å². The zero-order chi connectivity index (χ0) is 11.5. The minimum Gasteiger partial charge on any atom is -0.357 e. The van der Waals surface area contributed by atoms with Gasteiger partial charge in [0.1, 0.15) is 15.7 Å². The van der Waals surface area contributed by atoms with Crippen LogP contribution in [-0.2, 0) is 16.3 Å². The molecule has 0 aliphatic heterocycles. The minimum absolute atomic E-state index is 0.105. The highest BCUT2D eigenvalue weighted by molar-refractivity contribution is 7.90. The molecule has 15 heavy (non-hydrogen) atoms. The maximum Gasteiger partial charge on any atom is 0.202 e. The van der Waals surface area contributed by atoms with Gasteiger partial charge in [0.05, 0.1) is 5.75 Å². The Bertz CT molecular complexity index is 413. The first kappa shape index (κ1) is 12.4. The van der Waals surface area contributed by atoms with Gasteiger partial charge in [-0.25, -0.2) is 13.4 Å². The van der Waals surface area contributed by atoms with E-state index >= 15 is 0 Å². The predicted molar refractivity (Wildman–Crippen MR) is 62.1 cm³/mol. The fourth-order valence-electron chi connectivity index (χ4n) is 1.16. The van der Waals surface area contributed by atoms with E-state index in [2.05, 4.69) is 14.7 Å². The lowest BCUT2D eigenvalue weighted by Gasteiger charge is -2.10. The number of hydrogen-bond acceptors (Lipinski definition) is 6. The van der Waals surface area contributed by atoms with Crippen LogP contribution in [0, 0.1) is 0 Å². The van der Waals surface area contributed by atoms with Gasteiger partial charge in [-0.1, -0.05) is 6.92 Å². The van der Waals surface area contributed by atoms with E-state index in [1.54, 1.807) is 0 Å². The number of rotatable bonds is 5. The summed E-state index contributed by atoms with van der Waals surface area (Å²) in [5.41, 5.74) is 0. The molecule has 0 fully saturated rings. The van der Waals surface area contributed by atoms with Gasteiger partial charge in [0, 0.05) is 30.3 Å². The van der Waals surface area contributed by atoms with Crippen LogP contribution in [0.15, 0.2) is 0 Å². The van der Waals surface area contributed by atoms with Crippen LogP contribution in [0.25, 0.3) is 0 Å². The Balaban J connectivity index is 2.54. The number of nitrogens with zero attached hydrogens (tertiary/aromatic N) is 2. The Morgan fingerprint density at radius 3 is 2.67 bits per heavy atom. The molecular weight excluding hydrogens is 234 g/mol. The van der Waals surface area contributed by atoms with Gasteiger partial charge in [-0.15, -0.1) is 0 Å². The second-order valence-corrected chi connectivity index (χ2v) is 6.44. The summed E-state index contributed by atoms with van der Waals surface area (Å²) in [4.78, 5) is 4.20. The first-order valence-corrected chi connectivity index (χ1v) is 7.51. The molecule has 1 aromatic heterocycles. The molecule has 1 atom stereocenters. The average molecular weight is 249 g/mol. The minimum atomic E-state index is -2.95. The lowest BCUT2D eigenvalue weighted by Crippen LogP contribution is -2.24. The summed E-state index contributed by atoms with van der Waals surface area (Å²) in [6.07, 6.45) is 2.02. The molecular formula is C8H15N3O2S2. The molecule has 0 aromatic carbocycles. The van der Waals surface area contributed by atoms with Crippen molar-refractivity contribution in [3.8, 4) is 0 Å². The van der Waals surface area contributed by atoms with Gasteiger partial charge in [0.25, 0.3) is 0 Å². The summed E-state index contributed by atoms with van der Waals surface area (Å²) in [5, 5.41) is 3.70. The van der Waals surface area contributed by atoms with E-state index in [-0.39, 0.29) is 11.8 Å². The van der Waals surface area contributed by atoms with E-state index in [0.717, 1.165) is 12.2 Å². The molecule has 0 amide bonds. The van der Waals surface area contributed by atoms with Crippen molar-refractivity contribution < 1.29 is 8.42 Å². The van der Waals surface area contributed by atoms with Crippen molar-refractivity contribution in [1.29, 1.82) is 0 Å². The normalized spacial score (nSPS) is 13.8. The van der Waals surface area contributed by atoms with E-state index in [1.165, 1.54) is 17.8 Å². The summed E-state index contributed by atoms with van der Waals surface area (Å²) in [5.74, 6) is 0.891. The number of sulfone groups is 1. The quantitative estimate of drug-likeness (QED) is 0.841. The van der Waals surface area contributed by atoms with Crippen LogP contribution in [0.3, 0.4) is 0 Å². The zero-order valence-electron chi connectivity index (χ0n) is 9.02. The summed E-state index contributed by atoms with van der Waals surface area (Å²) >= 11 is 1.26. The second kappa shape index (κ2) is 4.89. The van der Waals surface area contributed by atoms with E-state index in [1.807, 2.05) is 13.8 Å². The number of anilines is 1. The van der Waals surface area contributed by atoms with Gasteiger partial charge in [-0.3, -0.25) is 0 Å². The molecule has 1 unspecified atom stereocenters. The molecule has 1 N–H and O–H groups in total. The number of aryl methyl sites for hydroxylation is 1. The first-order valence-electron chi connectivity index (χ1n) is 4.67. The molecule has 1 rings (SSSR count). The fourth-order valence-corrected chi connectivity index (χ4v) is 2.92. The molecule has 1 heterocycles. The van der Waals surface area contributed by atoms with Crippen molar-refractivity contribution >= 4 is 26.5 Å². The lowest BCUT2D eigenvalue weighted by molar-refractivity contribution is 0.598. The van der Waals surface area contributed by atoms with Crippen LogP contribution in [-0.4, -0.2) is 35.8 Å². The monoisotopic (exact) mass is 249 g/mol. The van der Waals surface area contributed by atoms with E-state index in [9.17, 15) is 8.42 Å². The molecule has 0 saturated carbocycles. The lowest BCUT2D eigenvalue weighted by atomic mass is 10.4. The summed E-state index contributed by atoms with van der Waals surface area (Å²) < 4.78 is 26.1. The molecule has 7 heteroatoms. The maximum atomic E-state index is 11.0. The van der Waals surface area contributed by atoms with Crippen LogP contribution in [0.5, 0.6) is 0 Å². The van der Waals surface area contributed by atoms with Gasteiger partial charge >= 0.3 is 0 Å². The van der Waals surface area contributed by atoms with Crippen LogP contribution >= 0.6 is 11.5 Å². The second-order valence-electron chi connectivity index (χ2n) is 3.51. The van der Waals surface area contributed by atoms with Crippen LogP contribution in [0.1, 0.15) is 19.7 Å². The highest BCUT2D eigenvalue weighted by Crippen LogP contribution is 2.12. The molecule has 86 valence electrons. The van der Waals surface area contributed by atoms with Crippen LogP contribution in [0.4, 0.5) is 5.13 Å². The van der Waals surface area contributed by atoms with Gasteiger partial charge < -0.3 is 5.32 Å². The Morgan fingerprint density at radius 2 is 2.20 bits per heavy atom. The van der Waals surface area contributed by atoms with Crippen molar-refractivity contribution in [1.82, 2.24) is 9.36 Å². The number of aromatic nitrogens is 2. The molecule has 1 aromatic rings. The van der Waals surface area contributed by atoms with Crippen molar-refractivity contribution in [2.45, 2.75) is 26.3 Å². The van der Waals surface area contributed by atoms with Crippen LogP contribution in [0.2, 0.25) is 0 Å². The van der Waals surface area contributed by atoms with Crippen molar-refractivity contribution in [2.75, 3.05) is 17.3 Å². The third kappa shape index (κ3) is 4.57. The Hall–Kier alpha value is -0.690. The van der Waals surface area contributed by atoms with Crippen molar-refractivity contribution in [3.63, 3.8) is 0 Å². The largest absolute Gasteiger partial charge is 0.357 e. The average Bonchev–Trinajstić information content (AvgIpc) is 2.48. The van der Waals surface area contributed by atoms with E-state index in [0.29, 0.717) is 5.13 Å². The summed E-state index contributed by atoms with van der Waals surface area (Å²) in [6.45, 7) is 3.79. The topological polar surface area (TPSA) is 72.0 Å². The van der Waals surface area contributed by atoms with Gasteiger partial charge in [0.2, 0.25) is 5.13 Å². The van der Waals surface area contributed by atoms with Crippen LogP contribution < -0.4 is 5.32 Å². The van der Waals surface area contributed by atoms with Gasteiger partial charge in [0.15, 0.2) is 0 Å². The molecule has 0 saturated heterocycles. The molecule has 5 nitrogen and oxygen atoms in total. The number of hydrogen-bond donors (Lipinski definition) is 1. The number of nitrogens with one attached hydrogen (secondary N) is 1. The van der Waals surface area contributed by atoms with E-state index < -0.39 is 9.84 Å². The maximum absolute atomic E-state index is 11.0. The Kier molecular flexibility index (Phi) is 4.04. The SMILES string of the molecule is CCc1nsc(NC(C)CS(C)(=O)=O)n1. The first-order chi connectivity index (χ1) is 6.90. The summed E-state index contributed by atoms with van der Waals surface area (Å²) in [6, 6.07) is -0.141. The smallest absolute Gasteiger partial charge is 0.202 e. The highest BCUT2D eigenvalue weighted by atomic mass is 32.2. The zero-order valence-corrected chi connectivity index (χ0v) is 10.7. The molecule has 0 aliphatic rings. The molecule has 0 radical (unpaired) electrons. The highest BCUT2D eigenvalue weighted by Gasteiger charge is 2.12. The third-order valence-corrected chi connectivity index (χ3v) is 3.50. The predicted octanol–water partition coefficient (Wildman–Crippen LogP) is 0.945. The third-order valence-electron chi connectivity index (χ3n) is 1.71. The Morgan fingerprint density at radius 1 is 1.53 bits per heavy atom. The fraction of sp³-hybridized carbons (Fsp3) is 0.750. The summed E-state index contributed by atoms with van der Waals surface area (Å²) in [7, 11) is -2.95. The molecule has 0 bridgehead atoms. The van der Waals surface area contributed by atoms with Crippen molar-refractivity contribution in [3.05, 3.63) is 5.82 Å². The van der Waals surface area contributed by atoms with Gasteiger partial charge in [-0.2, -0.15) is 4.37 Å². The van der Waals surface area contributed by atoms with Gasteiger partial charge in [-0.05, 0) is 6.92 Å². The standard InChI is InChI=1S/C8H15N3O2S2/c1-4-7-10-8(14-11-7)9-6(2)5-15(3,12)13/h6H,4-5H2,1-3H3,(H,9,10,11). The Labute approximate surface area is 94.0 Å². The van der Waals surface area contributed by atoms with Crippen molar-refractivity contribution in [2.24, 2.45) is 0 Å². The molecule has 0 spiro atoms.